The molecule has 0 amide bonds. The molecule has 0 aliphatic carbocycles. The van der Waals surface area contributed by atoms with E-state index in [9.17, 15) is 4.39 Å². The first-order valence-electron chi connectivity index (χ1n) is 5.44. The zero-order chi connectivity index (χ0) is 11.3. The minimum Gasteiger partial charge on any atom is -0.385 e. The number of anilines is 1. The maximum Gasteiger partial charge on any atom is 0.0911 e. The van der Waals surface area contributed by atoms with Gasteiger partial charge in [-0.05, 0) is 29.5 Å². The summed E-state index contributed by atoms with van der Waals surface area (Å²) in [6, 6.07) is 8.35. The first-order valence-corrected chi connectivity index (χ1v) is 5.44. The second kappa shape index (κ2) is 5.15. The van der Waals surface area contributed by atoms with Gasteiger partial charge in [-0.3, -0.25) is 4.39 Å². The quantitative estimate of drug-likeness (QED) is 0.744. The number of nitrogens with one attached hydrogen (secondary N) is 1. The Labute approximate surface area is 91.7 Å². The molecule has 0 aliphatic heterocycles. The van der Waals surface area contributed by atoms with E-state index in [1.165, 1.54) is 5.56 Å². The van der Waals surface area contributed by atoms with Crippen LogP contribution in [0.25, 0.3) is 0 Å². The molecule has 84 valence electrons. The first-order chi connectivity index (χ1) is 7.04. The van der Waals surface area contributed by atoms with E-state index in [0.717, 1.165) is 5.69 Å². The summed E-state index contributed by atoms with van der Waals surface area (Å²) in [4.78, 5) is 0. The number of rotatable bonds is 4. The van der Waals surface area contributed by atoms with Gasteiger partial charge in [0.2, 0.25) is 0 Å². The van der Waals surface area contributed by atoms with Gasteiger partial charge >= 0.3 is 0 Å². The molecule has 1 nitrogen and oxygen atoms in total. The van der Waals surface area contributed by atoms with E-state index in [-0.39, 0.29) is 12.1 Å². The Morgan fingerprint density at radius 1 is 1.13 bits per heavy atom. The Bertz CT molecular complexity index is 284. The van der Waals surface area contributed by atoms with Crippen molar-refractivity contribution in [1.82, 2.24) is 0 Å². The highest BCUT2D eigenvalue weighted by Gasteiger charge is 2.12. The molecule has 1 rings (SSSR count). The topological polar surface area (TPSA) is 12.0 Å². The fraction of sp³-hybridized carbons (Fsp3) is 0.538. The van der Waals surface area contributed by atoms with E-state index in [2.05, 4.69) is 50.4 Å². The second-order valence-electron chi connectivity index (χ2n) is 4.80. The first kappa shape index (κ1) is 12.0. The minimum absolute atomic E-state index is 0.192. The summed E-state index contributed by atoms with van der Waals surface area (Å²) in [7, 11) is 0. The van der Waals surface area contributed by atoms with Gasteiger partial charge in [-0.25, -0.2) is 0 Å². The zero-order valence-corrected chi connectivity index (χ0v) is 9.81. The van der Waals surface area contributed by atoms with Crippen LogP contribution in [0.4, 0.5) is 10.1 Å². The van der Waals surface area contributed by atoms with Crippen molar-refractivity contribution in [3.8, 4) is 0 Å². The number of alkyl halides is 1. The lowest BCUT2D eigenvalue weighted by atomic mass is 9.87. The molecular weight excluding hydrogens is 189 g/mol. The number of hydrogen-bond acceptors (Lipinski definition) is 1. The molecule has 1 aromatic rings. The summed E-state index contributed by atoms with van der Waals surface area (Å²) < 4.78 is 11.9. The van der Waals surface area contributed by atoms with Crippen LogP contribution in [0.5, 0.6) is 0 Å². The third-order valence-corrected chi connectivity index (χ3v) is 2.39. The van der Waals surface area contributed by atoms with Crippen LogP contribution in [0.3, 0.4) is 0 Å². The molecule has 0 bridgehead atoms. The Morgan fingerprint density at radius 2 is 1.73 bits per heavy atom. The van der Waals surface area contributed by atoms with Crippen LogP contribution in [0.15, 0.2) is 24.3 Å². The largest absolute Gasteiger partial charge is 0.385 e. The van der Waals surface area contributed by atoms with Crippen LogP contribution in [0, 0.1) is 0 Å². The van der Waals surface area contributed by atoms with E-state index in [1.807, 2.05) is 0 Å². The van der Waals surface area contributed by atoms with Crippen molar-refractivity contribution in [2.75, 3.05) is 18.5 Å². The monoisotopic (exact) mass is 209 g/mol. The van der Waals surface area contributed by atoms with Gasteiger partial charge < -0.3 is 5.32 Å². The molecule has 0 unspecified atom stereocenters. The molecule has 0 radical (unpaired) electrons. The predicted molar refractivity (Wildman–Crippen MR) is 64.2 cm³/mol. The van der Waals surface area contributed by atoms with E-state index >= 15 is 0 Å². The molecular formula is C13H20FN. The average Bonchev–Trinajstić information content (AvgIpc) is 2.18. The highest BCUT2D eigenvalue weighted by Crippen LogP contribution is 2.23. The van der Waals surface area contributed by atoms with Gasteiger partial charge in [0, 0.05) is 12.2 Å². The van der Waals surface area contributed by atoms with Crippen LogP contribution in [0.1, 0.15) is 32.8 Å². The van der Waals surface area contributed by atoms with Gasteiger partial charge in [-0.1, -0.05) is 32.9 Å². The number of benzene rings is 1. The minimum atomic E-state index is -0.257. The standard InChI is InChI=1S/C13H20FN/c1-13(2,3)11-5-7-12(8-6-11)15-10-4-9-14/h5-8,15H,4,9-10H2,1-3H3. The van der Waals surface area contributed by atoms with E-state index < -0.39 is 0 Å². The molecule has 1 N–H and O–H groups in total. The summed E-state index contributed by atoms with van der Waals surface area (Å²) >= 11 is 0. The van der Waals surface area contributed by atoms with E-state index in [1.54, 1.807) is 0 Å². The fourth-order valence-electron chi connectivity index (χ4n) is 1.39. The molecule has 0 aromatic heterocycles. The summed E-state index contributed by atoms with van der Waals surface area (Å²) in [5, 5.41) is 3.18. The lowest BCUT2D eigenvalue weighted by Crippen LogP contribution is -2.11. The molecule has 15 heavy (non-hydrogen) atoms. The smallest absolute Gasteiger partial charge is 0.0911 e. The zero-order valence-electron chi connectivity index (χ0n) is 9.81. The summed E-state index contributed by atoms with van der Waals surface area (Å²) in [5.74, 6) is 0. The SMILES string of the molecule is CC(C)(C)c1ccc(NCCCF)cc1. The summed E-state index contributed by atoms with van der Waals surface area (Å²) in [6.45, 7) is 7.02. The number of halogens is 1. The lowest BCUT2D eigenvalue weighted by molar-refractivity contribution is 0.481. The second-order valence-corrected chi connectivity index (χ2v) is 4.80. The van der Waals surface area contributed by atoms with E-state index in [4.69, 9.17) is 0 Å². The molecule has 1 aromatic carbocycles. The Kier molecular flexibility index (Phi) is 4.13. The lowest BCUT2D eigenvalue weighted by Gasteiger charge is -2.19. The van der Waals surface area contributed by atoms with Gasteiger partial charge in [0.25, 0.3) is 0 Å². The van der Waals surface area contributed by atoms with Gasteiger partial charge in [0.15, 0.2) is 0 Å². The highest BCUT2D eigenvalue weighted by molar-refractivity contribution is 5.45. The van der Waals surface area contributed by atoms with Crippen LogP contribution in [-0.4, -0.2) is 13.2 Å². The molecule has 0 atom stereocenters. The van der Waals surface area contributed by atoms with Crippen molar-refractivity contribution >= 4 is 5.69 Å². The summed E-state index contributed by atoms with van der Waals surface area (Å²) in [6.07, 6.45) is 0.570. The van der Waals surface area contributed by atoms with Gasteiger partial charge in [-0.2, -0.15) is 0 Å². The Balaban J connectivity index is 2.57. The maximum atomic E-state index is 11.9. The molecule has 0 saturated carbocycles. The molecule has 0 saturated heterocycles. The molecule has 0 spiro atoms. The Hall–Kier alpha value is -1.05. The van der Waals surface area contributed by atoms with Crippen molar-refractivity contribution in [2.45, 2.75) is 32.6 Å². The van der Waals surface area contributed by atoms with Crippen molar-refractivity contribution in [3.63, 3.8) is 0 Å². The molecule has 2 heteroatoms. The van der Waals surface area contributed by atoms with Crippen LogP contribution in [-0.2, 0) is 5.41 Å². The van der Waals surface area contributed by atoms with Gasteiger partial charge in [-0.15, -0.1) is 0 Å². The normalized spacial score (nSPS) is 11.5. The van der Waals surface area contributed by atoms with Crippen molar-refractivity contribution in [2.24, 2.45) is 0 Å². The fourth-order valence-corrected chi connectivity index (χ4v) is 1.39. The van der Waals surface area contributed by atoms with Gasteiger partial charge in [0.1, 0.15) is 0 Å². The third kappa shape index (κ3) is 3.90. The molecule has 0 heterocycles. The average molecular weight is 209 g/mol. The predicted octanol–water partition coefficient (Wildman–Crippen LogP) is 3.76. The summed E-state index contributed by atoms with van der Waals surface area (Å²) in [5.41, 5.74) is 2.58. The van der Waals surface area contributed by atoms with Crippen molar-refractivity contribution < 1.29 is 4.39 Å². The maximum absolute atomic E-state index is 11.9. The van der Waals surface area contributed by atoms with Crippen molar-refractivity contribution in [3.05, 3.63) is 29.8 Å². The Morgan fingerprint density at radius 3 is 2.20 bits per heavy atom. The van der Waals surface area contributed by atoms with Gasteiger partial charge in [0.05, 0.1) is 6.67 Å². The molecule has 0 aliphatic rings. The number of hydrogen-bond donors (Lipinski definition) is 1. The molecule has 0 fully saturated rings. The van der Waals surface area contributed by atoms with Crippen LogP contribution >= 0.6 is 0 Å². The highest BCUT2D eigenvalue weighted by atomic mass is 19.1. The van der Waals surface area contributed by atoms with Crippen molar-refractivity contribution in [1.29, 1.82) is 0 Å². The third-order valence-electron chi connectivity index (χ3n) is 2.39. The van der Waals surface area contributed by atoms with Crippen LogP contribution in [0.2, 0.25) is 0 Å². The van der Waals surface area contributed by atoms with E-state index in [0.29, 0.717) is 13.0 Å². The van der Waals surface area contributed by atoms with Crippen LogP contribution < -0.4 is 5.32 Å².